The molecule has 106 valence electrons. The summed E-state index contributed by atoms with van der Waals surface area (Å²) in [6.45, 7) is 3.38. The maximum absolute atomic E-state index is 11.3. The predicted molar refractivity (Wildman–Crippen MR) is 74.5 cm³/mol. The third-order valence-electron chi connectivity index (χ3n) is 4.12. The van der Waals surface area contributed by atoms with E-state index in [4.69, 9.17) is 4.74 Å². The molecule has 4 nitrogen and oxygen atoms in total. The monoisotopic (exact) mass is 283 g/mol. The van der Waals surface area contributed by atoms with E-state index in [2.05, 4.69) is 4.98 Å². The summed E-state index contributed by atoms with van der Waals surface area (Å²) in [7, 11) is 1.73. The van der Waals surface area contributed by atoms with Gasteiger partial charge in [-0.15, -0.1) is 11.3 Å². The number of aromatic nitrogens is 1. The van der Waals surface area contributed by atoms with Gasteiger partial charge in [-0.25, -0.2) is 4.98 Å². The highest BCUT2D eigenvalue weighted by molar-refractivity contribution is 7.09. The van der Waals surface area contributed by atoms with E-state index in [0.717, 1.165) is 30.7 Å². The van der Waals surface area contributed by atoms with Crippen molar-refractivity contribution in [2.45, 2.75) is 57.0 Å². The highest BCUT2D eigenvalue weighted by atomic mass is 32.1. The molecule has 1 N–H and O–H groups in total. The van der Waals surface area contributed by atoms with E-state index in [0.29, 0.717) is 5.69 Å². The molecular weight excluding hydrogens is 262 g/mol. The fraction of sp³-hybridized carbons (Fsp3) is 0.714. The van der Waals surface area contributed by atoms with E-state index in [-0.39, 0.29) is 5.60 Å². The maximum Gasteiger partial charge on any atom is 0.315 e. The Morgan fingerprint density at radius 2 is 2.05 bits per heavy atom. The molecule has 1 heterocycles. The van der Waals surface area contributed by atoms with Gasteiger partial charge < -0.3 is 9.84 Å². The van der Waals surface area contributed by atoms with Crippen molar-refractivity contribution < 1.29 is 14.6 Å². The first-order valence-corrected chi connectivity index (χ1v) is 7.55. The molecule has 1 aliphatic carbocycles. The smallest absolute Gasteiger partial charge is 0.315 e. The lowest BCUT2D eigenvalue weighted by Gasteiger charge is -2.34. The van der Waals surface area contributed by atoms with Crippen LogP contribution in [0.2, 0.25) is 0 Å². The van der Waals surface area contributed by atoms with Crippen LogP contribution < -0.4 is 0 Å². The first-order chi connectivity index (χ1) is 8.92. The summed E-state index contributed by atoms with van der Waals surface area (Å²) in [5, 5.41) is 12.1. The standard InChI is InChI=1S/C14H21NO3S/c1-13(2,12(16)17)10-9-19-11(15-10)14(18-3)7-5-4-6-8-14/h9H,4-8H2,1-3H3,(H,16,17). The van der Waals surface area contributed by atoms with Gasteiger partial charge in [0.15, 0.2) is 0 Å². The number of thiazole rings is 1. The Bertz CT molecular complexity index is 461. The van der Waals surface area contributed by atoms with E-state index in [1.54, 1.807) is 21.0 Å². The van der Waals surface area contributed by atoms with Crippen LogP contribution in [0.15, 0.2) is 5.38 Å². The minimum atomic E-state index is -0.946. The van der Waals surface area contributed by atoms with Crippen molar-refractivity contribution in [2.24, 2.45) is 0 Å². The molecule has 1 aromatic heterocycles. The van der Waals surface area contributed by atoms with Crippen molar-refractivity contribution in [3.05, 3.63) is 16.1 Å². The summed E-state index contributed by atoms with van der Waals surface area (Å²) in [6.07, 6.45) is 5.48. The number of methoxy groups -OCH3 is 1. The lowest BCUT2D eigenvalue weighted by Crippen LogP contribution is -2.32. The van der Waals surface area contributed by atoms with Crippen LogP contribution in [-0.2, 0) is 20.5 Å². The van der Waals surface area contributed by atoms with E-state index >= 15 is 0 Å². The van der Waals surface area contributed by atoms with Crippen LogP contribution in [0, 0.1) is 0 Å². The largest absolute Gasteiger partial charge is 0.481 e. The zero-order valence-electron chi connectivity index (χ0n) is 11.7. The molecule has 0 amide bonds. The zero-order valence-corrected chi connectivity index (χ0v) is 12.5. The first-order valence-electron chi connectivity index (χ1n) is 6.67. The number of aliphatic carboxylic acids is 1. The van der Waals surface area contributed by atoms with Crippen LogP contribution in [0.1, 0.15) is 56.7 Å². The normalized spacial score (nSPS) is 19.3. The van der Waals surface area contributed by atoms with Gasteiger partial charge >= 0.3 is 5.97 Å². The molecule has 0 unspecified atom stereocenters. The van der Waals surface area contributed by atoms with Gasteiger partial charge in [-0.1, -0.05) is 19.3 Å². The van der Waals surface area contributed by atoms with Crippen LogP contribution in [0.3, 0.4) is 0 Å². The molecule has 1 aliphatic rings. The van der Waals surface area contributed by atoms with Gasteiger partial charge in [0.05, 0.1) is 5.69 Å². The van der Waals surface area contributed by atoms with Gasteiger partial charge in [0, 0.05) is 12.5 Å². The molecule has 19 heavy (non-hydrogen) atoms. The van der Waals surface area contributed by atoms with E-state index in [1.807, 2.05) is 5.38 Å². The quantitative estimate of drug-likeness (QED) is 0.921. The van der Waals surface area contributed by atoms with Crippen LogP contribution in [-0.4, -0.2) is 23.2 Å². The highest BCUT2D eigenvalue weighted by Crippen LogP contribution is 2.42. The second-order valence-corrected chi connectivity index (χ2v) is 6.59. The SMILES string of the molecule is COC1(c2nc(C(C)(C)C(=O)O)cs2)CCCCC1. The number of carbonyl (C=O) groups is 1. The Kier molecular flexibility index (Phi) is 3.97. The van der Waals surface area contributed by atoms with Crippen molar-refractivity contribution in [1.82, 2.24) is 4.98 Å². The zero-order chi connectivity index (χ0) is 14.1. The van der Waals surface area contributed by atoms with Crippen LogP contribution >= 0.6 is 11.3 Å². The molecule has 1 saturated carbocycles. The lowest BCUT2D eigenvalue weighted by atomic mass is 9.85. The molecule has 1 fully saturated rings. The Labute approximate surface area is 117 Å². The van der Waals surface area contributed by atoms with Gasteiger partial charge in [0.2, 0.25) is 0 Å². The molecule has 0 aliphatic heterocycles. The van der Waals surface area contributed by atoms with Crippen LogP contribution in [0.25, 0.3) is 0 Å². The summed E-state index contributed by atoms with van der Waals surface area (Å²) >= 11 is 1.52. The fourth-order valence-corrected chi connectivity index (χ4v) is 3.73. The molecule has 0 bridgehead atoms. The van der Waals surface area contributed by atoms with Crippen molar-refractivity contribution in [2.75, 3.05) is 7.11 Å². The van der Waals surface area contributed by atoms with E-state index in [9.17, 15) is 9.90 Å². The second-order valence-electron chi connectivity index (χ2n) is 5.73. The summed E-state index contributed by atoms with van der Waals surface area (Å²) in [4.78, 5) is 15.9. The van der Waals surface area contributed by atoms with Crippen molar-refractivity contribution >= 4 is 17.3 Å². The third-order valence-corrected chi connectivity index (χ3v) is 5.15. The summed E-state index contributed by atoms with van der Waals surface area (Å²) < 4.78 is 5.75. The summed E-state index contributed by atoms with van der Waals surface area (Å²) in [6, 6.07) is 0. The molecule has 5 heteroatoms. The Morgan fingerprint density at radius 1 is 1.42 bits per heavy atom. The van der Waals surface area contributed by atoms with E-state index in [1.165, 1.54) is 17.8 Å². The molecule has 0 atom stereocenters. The molecule has 0 radical (unpaired) electrons. The van der Waals surface area contributed by atoms with Crippen LogP contribution in [0.5, 0.6) is 0 Å². The Morgan fingerprint density at radius 3 is 2.58 bits per heavy atom. The number of hydrogen-bond acceptors (Lipinski definition) is 4. The van der Waals surface area contributed by atoms with Gasteiger partial charge in [-0.05, 0) is 26.7 Å². The molecule has 0 saturated heterocycles. The first kappa shape index (κ1) is 14.5. The average Bonchev–Trinajstić information content (AvgIpc) is 2.90. The molecular formula is C14H21NO3S. The number of carboxylic acid groups (broad SMARTS) is 1. The maximum atomic E-state index is 11.3. The average molecular weight is 283 g/mol. The summed E-state index contributed by atoms with van der Waals surface area (Å²) in [5.74, 6) is -0.848. The second kappa shape index (κ2) is 5.21. The molecule has 0 spiro atoms. The van der Waals surface area contributed by atoms with Gasteiger partial charge in [-0.3, -0.25) is 4.79 Å². The topological polar surface area (TPSA) is 59.4 Å². The highest BCUT2D eigenvalue weighted by Gasteiger charge is 2.39. The number of hydrogen-bond donors (Lipinski definition) is 1. The number of carboxylic acids is 1. The van der Waals surface area contributed by atoms with Crippen molar-refractivity contribution in [3.63, 3.8) is 0 Å². The molecule has 1 aromatic rings. The number of ether oxygens (including phenoxy) is 1. The van der Waals surface area contributed by atoms with Gasteiger partial charge in [0.1, 0.15) is 16.0 Å². The fourth-order valence-electron chi connectivity index (χ4n) is 2.51. The summed E-state index contributed by atoms with van der Waals surface area (Å²) in [5.41, 5.74) is -0.615. The Balaban J connectivity index is 2.32. The molecule has 0 aromatic carbocycles. The predicted octanol–water partition coefficient (Wildman–Crippen LogP) is 3.31. The van der Waals surface area contributed by atoms with Gasteiger partial charge in [0.25, 0.3) is 0 Å². The minimum Gasteiger partial charge on any atom is -0.481 e. The Hall–Kier alpha value is -0.940. The minimum absolute atomic E-state index is 0.296. The van der Waals surface area contributed by atoms with Crippen molar-refractivity contribution in [3.8, 4) is 0 Å². The third kappa shape index (κ3) is 2.54. The molecule has 2 rings (SSSR count). The van der Waals surface area contributed by atoms with E-state index < -0.39 is 11.4 Å². The lowest BCUT2D eigenvalue weighted by molar-refractivity contribution is -0.142. The van der Waals surface area contributed by atoms with Crippen molar-refractivity contribution in [1.29, 1.82) is 0 Å². The van der Waals surface area contributed by atoms with Gasteiger partial charge in [-0.2, -0.15) is 0 Å². The number of rotatable bonds is 4. The van der Waals surface area contributed by atoms with Crippen LogP contribution in [0.4, 0.5) is 0 Å². The number of nitrogens with zero attached hydrogens (tertiary/aromatic N) is 1.